The zero-order chi connectivity index (χ0) is 41.5. The number of nitrogens with one attached hydrogen (secondary N) is 3. The molecular weight excluding hydrogens is 764 g/mol. The quantitative estimate of drug-likeness (QED) is 0.100. The molecule has 0 unspecified atom stereocenters. The van der Waals surface area contributed by atoms with E-state index in [4.69, 9.17) is 21.3 Å². The number of rotatable bonds is 14. The Morgan fingerprint density at radius 1 is 0.847 bits per heavy atom. The number of likely N-dealkylation sites (tertiary alicyclic amines) is 1. The molecule has 59 heavy (non-hydrogen) atoms. The highest BCUT2D eigenvalue weighted by atomic mass is 35.5. The molecule has 1 saturated heterocycles. The van der Waals surface area contributed by atoms with Gasteiger partial charge in [0.2, 0.25) is 5.91 Å². The highest BCUT2D eigenvalue weighted by Gasteiger charge is 2.37. The third kappa shape index (κ3) is 9.24. The Labute approximate surface area is 349 Å². The first-order chi connectivity index (χ1) is 28.6. The summed E-state index contributed by atoms with van der Waals surface area (Å²) in [6.07, 6.45) is 5.33. The first-order valence-corrected chi connectivity index (χ1v) is 20.2. The molecule has 12 nitrogen and oxygen atoms in total. The Morgan fingerprint density at radius 3 is 2.08 bits per heavy atom. The van der Waals surface area contributed by atoms with E-state index in [0.29, 0.717) is 41.9 Å². The largest absolute Gasteiger partial charge is 0.453 e. The third-order valence-electron chi connectivity index (χ3n) is 10.7. The summed E-state index contributed by atoms with van der Waals surface area (Å²) in [5.41, 5.74) is 7.26. The summed E-state index contributed by atoms with van der Waals surface area (Å²) in [6.45, 7) is 3.56. The van der Waals surface area contributed by atoms with Gasteiger partial charge in [-0.3, -0.25) is 14.5 Å². The van der Waals surface area contributed by atoms with Crippen molar-refractivity contribution < 1.29 is 19.1 Å². The summed E-state index contributed by atoms with van der Waals surface area (Å²) in [5, 5.41) is 3.28. The van der Waals surface area contributed by atoms with Gasteiger partial charge in [0.25, 0.3) is 5.91 Å². The molecule has 1 aliphatic heterocycles. The normalized spacial score (nSPS) is 14.9. The van der Waals surface area contributed by atoms with Gasteiger partial charge >= 0.3 is 6.09 Å². The average Bonchev–Trinajstić information content (AvgIpc) is 4.06. The molecule has 3 amide bonds. The zero-order valence-electron chi connectivity index (χ0n) is 33.7. The maximum atomic E-state index is 13.9. The number of alkyl carbamates (subject to hydrolysis) is 1. The fourth-order valence-corrected chi connectivity index (χ4v) is 7.98. The minimum atomic E-state index is -0.876. The molecule has 1 fully saturated rings. The van der Waals surface area contributed by atoms with E-state index in [2.05, 4.69) is 75.7 Å². The first-order valence-electron chi connectivity index (χ1n) is 19.8. The molecule has 0 spiro atoms. The van der Waals surface area contributed by atoms with Crippen molar-refractivity contribution in [2.45, 2.75) is 50.9 Å². The van der Waals surface area contributed by atoms with Gasteiger partial charge < -0.3 is 29.8 Å². The number of amides is 3. The topological polar surface area (TPSA) is 140 Å². The molecular formula is C46H49ClN8O4. The van der Waals surface area contributed by atoms with Crippen LogP contribution >= 0.6 is 11.6 Å². The van der Waals surface area contributed by atoms with Crippen LogP contribution in [0.3, 0.4) is 0 Å². The minimum absolute atomic E-state index is 0.0257. The van der Waals surface area contributed by atoms with Crippen molar-refractivity contribution in [2.24, 2.45) is 0 Å². The number of halogens is 1. The smallest absolute Gasteiger partial charge is 0.407 e. The van der Waals surface area contributed by atoms with E-state index in [9.17, 15) is 14.4 Å². The van der Waals surface area contributed by atoms with Gasteiger partial charge in [-0.05, 0) is 72.8 Å². The van der Waals surface area contributed by atoms with Crippen molar-refractivity contribution in [1.82, 2.24) is 40.0 Å². The number of hydrogen-bond donors (Lipinski definition) is 3. The first kappa shape index (κ1) is 40.9. The Morgan fingerprint density at radius 2 is 1.46 bits per heavy atom. The molecule has 7 rings (SSSR count). The molecule has 0 saturated carbocycles. The van der Waals surface area contributed by atoms with Gasteiger partial charge in [0.15, 0.2) is 0 Å². The summed E-state index contributed by atoms with van der Waals surface area (Å²) in [7, 11) is 5.06. The van der Waals surface area contributed by atoms with E-state index in [1.54, 1.807) is 11.1 Å². The molecule has 3 atom stereocenters. The van der Waals surface area contributed by atoms with Gasteiger partial charge in [0.05, 0.1) is 43.5 Å². The zero-order valence-corrected chi connectivity index (χ0v) is 34.4. The second-order valence-electron chi connectivity index (χ2n) is 14.9. The van der Waals surface area contributed by atoms with Crippen molar-refractivity contribution in [3.05, 3.63) is 143 Å². The van der Waals surface area contributed by atoms with Gasteiger partial charge in [-0.25, -0.2) is 14.8 Å². The van der Waals surface area contributed by atoms with E-state index < -0.39 is 18.2 Å². The highest BCUT2D eigenvalue weighted by molar-refractivity contribution is 6.31. The van der Waals surface area contributed by atoms with Crippen LogP contribution in [0, 0.1) is 0 Å². The number of H-pyrrole nitrogens is 2. The van der Waals surface area contributed by atoms with Gasteiger partial charge in [-0.15, -0.1) is 0 Å². The Balaban J connectivity index is 1.01. The van der Waals surface area contributed by atoms with Crippen LogP contribution in [0.25, 0.3) is 33.6 Å². The molecule has 2 aromatic heterocycles. The monoisotopic (exact) mass is 812 g/mol. The Hall–Kier alpha value is -6.24. The second kappa shape index (κ2) is 18.6. The van der Waals surface area contributed by atoms with Crippen LogP contribution in [0.2, 0.25) is 5.02 Å². The molecule has 1 aliphatic rings. The van der Waals surface area contributed by atoms with E-state index in [1.807, 2.05) is 84.7 Å². The summed E-state index contributed by atoms with van der Waals surface area (Å²) in [5.74, 6) is 1.18. The van der Waals surface area contributed by atoms with E-state index in [1.165, 1.54) is 7.11 Å². The number of aromatic amines is 2. The van der Waals surface area contributed by atoms with Gasteiger partial charge in [-0.1, -0.05) is 116 Å². The summed E-state index contributed by atoms with van der Waals surface area (Å²) < 4.78 is 4.83. The lowest BCUT2D eigenvalue weighted by Gasteiger charge is -2.31. The summed E-state index contributed by atoms with van der Waals surface area (Å²) >= 11 is 6.53. The summed E-state index contributed by atoms with van der Waals surface area (Å²) in [4.78, 5) is 61.8. The molecule has 4 aromatic carbocycles. The van der Waals surface area contributed by atoms with Gasteiger partial charge in [-0.2, -0.15) is 0 Å². The Kier molecular flexibility index (Phi) is 12.9. The number of benzene rings is 4. The lowest BCUT2D eigenvalue weighted by atomic mass is 10.0. The fraction of sp³-hybridized carbons (Fsp3) is 0.283. The number of ether oxygens (including phenoxy) is 1. The van der Waals surface area contributed by atoms with Crippen molar-refractivity contribution >= 4 is 29.5 Å². The third-order valence-corrected chi connectivity index (χ3v) is 11.1. The number of aromatic nitrogens is 4. The standard InChI is InChI=1S/C46H49ClN8O4/c1-5-25-54(45(57)42(53(2)3)35-14-9-10-15-36(35)47)29-40-48-27-37(50-40)32-21-17-30(18-22-32)31-19-23-33(24-20-31)38-28-49-43(51-38)39-16-11-26-55(39)44(56)41(52-46(58)59-4)34-12-7-6-8-13-34/h6-10,12-15,17-24,27-28,39,41-42H,5,11,16,25-26,29H2,1-4H3,(H,48,50)(H,49,51)(H,52,58)/t39-,41+,42+/m0/s1. The number of imidazole rings is 2. The molecule has 0 radical (unpaired) electrons. The molecule has 3 heterocycles. The minimum Gasteiger partial charge on any atom is -0.453 e. The number of likely N-dealkylation sites (N-methyl/N-ethyl adjacent to an activating group) is 1. The van der Waals surface area contributed by atoms with E-state index >= 15 is 0 Å². The number of nitrogens with zero attached hydrogens (tertiary/aromatic N) is 5. The van der Waals surface area contributed by atoms with Crippen LogP contribution in [0.15, 0.2) is 116 Å². The number of methoxy groups -OCH3 is 1. The van der Waals surface area contributed by atoms with Gasteiger partial charge in [0, 0.05) is 18.1 Å². The number of hydrogen-bond acceptors (Lipinski definition) is 7. The average molecular weight is 813 g/mol. The van der Waals surface area contributed by atoms with E-state index in [0.717, 1.165) is 58.5 Å². The van der Waals surface area contributed by atoms with Crippen LogP contribution in [0.4, 0.5) is 4.79 Å². The number of carbonyl (C=O) groups is 3. The van der Waals surface area contributed by atoms with Crippen molar-refractivity contribution in [2.75, 3.05) is 34.3 Å². The van der Waals surface area contributed by atoms with Crippen LogP contribution in [-0.2, 0) is 20.9 Å². The molecule has 6 aromatic rings. The van der Waals surface area contributed by atoms with Crippen LogP contribution < -0.4 is 5.32 Å². The SMILES string of the molecule is CCCN(Cc1ncc(-c2ccc(-c3ccc(-c4cnc([C@@H]5CCCN5C(=O)[C@H](NC(=O)OC)c5ccccc5)[nH]4)cc3)cc2)[nH]1)C(=O)[C@@H](c1ccccc1Cl)N(C)C. The predicted molar refractivity (Wildman–Crippen MR) is 229 cm³/mol. The molecule has 13 heteroatoms. The van der Waals surface area contributed by atoms with Crippen LogP contribution in [0.5, 0.6) is 0 Å². The highest BCUT2D eigenvalue weighted by Crippen LogP contribution is 2.35. The van der Waals surface area contributed by atoms with Crippen molar-refractivity contribution in [3.8, 4) is 33.6 Å². The van der Waals surface area contributed by atoms with Gasteiger partial charge in [0.1, 0.15) is 23.7 Å². The maximum Gasteiger partial charge on any atom is 0.407 e. The van der Waals surface area contributed by atoms with Crippen molar-refractivity contribution in [3.63, 3.8) is 0 Å². The second-order valence-corrected chi connectivity index (χ2v) is 15.3. The molecule has 0 bridgehead atoms. The summed E-state index contributed by atoms with van der Waals surface area (Å²) in [6, 6.07) is 31.6. The number of carbonyl (C=O) groups excluding carboxylic acids is 3. The maximum absolute atomic E-state index is 13.9. The lowest BCUT2D eigenvalue weighted by Crippen LogP contribution is -2.42. The fourth-order valence-electron chi connectivity index (χ4n) is 7.74. The van der Waals surface area contributed by atoms with Crippen molar-refractivity contribution in [1.29, 1.82) is 0 Å². The van der Waals surface area contributed by atoms with E-state index in [-0.39, 0.29) is 17.9 Å². The molecule has 3 N–H and O–H groups in total. The molecule has 0 aliphatic carbocycles. The molecule has 304 valence electrons. The van der Waals surface area contributed by atoms with Crippen LogP contribution in [-0.4, -0.2) is 86.8 Å². The van der Waals surface area contributed by atoms with Crippen LogP contribution in [0.1, 0.15) is 67.1 Å². The predicted octanol–water partition coefficient (Wildman–Crippen LogP) is 8.59. The lowest BCUT2D eigenvalue weighted by molar-refractivity contribution is -0.137. The Bertz CT molecular complexity index is 2360.